The zero-order chi connectivity index (χ0) is 22.1. The molecule has 0 radical (unpaired) electrons. The standard InChI is InChI=1S/C21H43O3P2Si2/c1-16-18(23-27(8,9)20(2,3)4)14-17(12-13-26(22)25)15-19(16)24-28(10,11)21(5,6)7/h12,18-19H,1,13-15,25H2,2-11H3/q+1/t18-,19-/m1/s1. The van der Waals surface area contributed by atoms with Crippen LogP contribution in [0.3, 0.4) is 0 Å². The Morgan fingerprint density at radius 3 is 1.64 bits per heavy atom. The molecule has 0 amide bonds. The monoisotopic (exact) mass is 461 g/mol. The molecule has 3 nitrogen and oxygen atoms in total. The normalized spacial score (nSPS) is 23.0. The second kappa shape index (κ2) is 9.24. The second-order valence-corrected chi connectivity index (χ2v) is 23.6. The third kappa shape index (κ3) is 6.96. The van der Waals surface area contributed by atoms with E-state index < -0.39 is 24.1 Å². The fourth-order valence-corrected chi connectivity index (χ4v) is 6.07. The van der Waals surface area contributed by atoms with E-state index >= 15 is 0 Å². The molecule has 1 rings (SSSR count). The van der Waals surface area contributed by atoms with Gasteiger partial charge in [0.1, 0.15) is 8.93 Å². The Labute approximate surface area is 179 Å². The minimum atomic E-state index is -1.93. The zero-order valence-electron chi connectivity index (χ0n) is 19.8. The van der Waals surface area contributed by atoms with Crippen LogP contribution in [0.15, 0.2) is 23.8 Å². The van der Waals surface area contributed by atoms with Crippen molar-refractivity contribution in [3.8, 4) is 0 Å². The predicted octanol–water partition coefficient (Wildman–Crippen LogP) is 7.66. The molecule has 2 unspecified atom stereocenters. The number of allylic oxidation sites excluding steroid dienone is 1. The molecule has 1 aliphatic carbocycles. The van der Waals surface area contributed by atoms with Crippen molar-refractivity contribution in [2.75, 3.05) is 6.16 Å². The topological polar surface area (TPSA) is 35.5 Å². The van der Waals surface area contributed by atoms with E-state index in [1.807, 2.05) is 0 Å². The molecule has 1 saturated carbocycles. The smallest absolute Gasteiger partial charge is 0.353 e. The van der Waals surface area contributed by atoms with Gasteiger partial charge in [0.25, 0.3) is 0 Å². The summed E-state index contributed by atoms with van der Waals surface area (Å²) in [5.74, 6) is 0. The maximum Gasteiger partial charge on any atom is 0.353 e. The van der Waals surface area contributed by atoms with Gasteiger partial charge in [-0.2, -0.15) is 0 Å². The van der Waals surface area contributed by atoms with Crippen LogP contribution in [-0.4, -0.2) is 35.0 Å². The summed E-state index contributed by atoms with van der Waals surface area (Å²) in [4.78, 5) is 0. The van der Waals surface area contributed by atoms with Crippen LogP contribution in [0.5, 0.6) is 0 Å². The molecule has 0 spiro atoms. The van der Waals surface area contributed by atoms with Crippen LogP contribution in [0, 0.1) is 0 Å². The summed E-state index contributed by atoms with van der Waals surface area (Å²) in [5, 5.41) is 0.293. The van der Waals surface area contributed by atoms with Crippen LogP contribution < -0.4 is 0 Å². The Balaban J connectivity index is 3.17. The first-order valence-corrected chi connectivity index (χ1v) is 19.2. The minimum absolute atomic E-state index is 0.0157. The molecule has 1 aliphatic rings. The van der Waals surface area contributed by atoms with Crippen molar-refractivity contribution in [2.45, 2.75) is 103 Å². The van der Waals surface area contributed by atoms with Crippen molar-refractivity contribution < 1.29 is 13.4 Å². The minimum Gasteiger partial charge on any atom is -0.410 e. The molecular formula is C21H43O3P2Si2+. The Hall–Kier alpha value is 0.364. The van der Waals surface area contributed by atoms with Gasteiger partial charge in [0.05, 0.1) is 12.2 Å². The maximum absolute atomic E-state index is 11.6. The average molecular weight is 462 g/mol. The zero-order valence-corrected chi connectivity index (χ0v) is 23.9. The van der Waals surface area contributed by atoms with Crippen LogP contribution in [0.1, 0.15) is 54.4 Å². The fourth-order valence-electron chi connectivity index (χ4n) is 2.71. The van der Waals surface area contributed by atoms with Crippen LogP contribution in [-0.2, 0) is 13.4 Å². The highest BCUT2D eigenvalue weighted by Gasteiger charge is 2.45. The summed E-state index contributed by atoms with van der Waals surface area (Å²) in [6.07, 6.45) is 4.40. The van der Waals surface area contributed by atoms with Gasteiger partial charge in [-0.3, -0.25) is 0 Å². The largest absolute Gasteiger partial charge is 0.410 e. The predicted molar refractivity (Wildman–Crippen MR) is 133 cm³/mol. The molecule has 0 heterocycles. The molecule has 0 aliphatic heterocycles. The van der Waals surface area contributed by atoms with E-state index in [-0.39, 0.29) is 22.3 Å². The van der Waals surface area contributed by atoms with Gasteiger partial charge in [-0.05, 0) is 60.8 Å². The van der Waals surface area contributed by atoms with E-state index in [0.717, 1.165) is 18.4 Å². The summed E-state index contributed by atoms with van der Waals surface area (Å²) >= 11 is 0. The quantitative estimate of drug-likeness (QED) is 0.231. The molecular weight excluding hydrogens is 418 g/mol. The van der Waals surface area contributed by atoms with Crippen molar-refractivity contribution in [3.05, 3.63) is 23.8 Å². The first-order valence-electron chi connectivity index (χ1n) is 10.3. The highest BCUT2D eigenvalue weighted by atomic mass is 32.0. The Kier molecular flexibility index (Phi) is 8.71. The number of hydrogen-bond acceptors (Lipinski definition) is 3. The van der Waals surface area contributed by atoms with E-state index in [9.17, 15) is 4.57 Å². The van der Waals surface area contributed by atoms with Gasteiger partial charge < -0.3 is 8.85 Å². The first kappa shape index (κ1) is 26.4. The Morgan fingerprint density at radius 2 is 1.36 bits per heavy atom. The van der Waals surface area contributed by atoms with E-state index in [0.29, 0.717) is 6.16 Å². The van der Waals surface area contributed by atoms with Gasteiger partial charge in [0.2, 0.25) is 0 Å². The molecule has 7 heteroatoms. The number of rotatable bonds is 6. The van der Waals surface area contributed by atoms with E-state index in [1.54, 1.807) is 0 Å². The molecule has 1 fully saturated rings. The maximum atomic E-state index is 11.6. The summed E-state index contributed by atoms with van der Waals surface area (Å²) in [6.45, 7) is 27.2. The Morgan fingerprint density at radius 1 is 1.00 bits per heavy atom. The lowest BCUT2D eigenvalue weighted by molar-refractivity contribution is 0.132. The second-order valence-electron chi connectivity index (χ2n) is 11.2. The van der Waals surface area contributed by atoms with Crippen molar-refractivity contribution >= 4 is 33.1 Å². The van der Waals surface area contributed by atoms with Crippen LogP contribution >= 0.6 is 16.4 Å². The van der Waals surface area contributed by atoms with E-state index in [2.05, 4.69) is 89.3 Å². The first-order chi connectivity index (χ1) is 12.4. The van der Waals surface area contributed by atoms with Gasteiger partial charge >= 0.3 is 7.49 Å². The van der Waals surface area contributed by atoms with Gasteiger partial charge in [0.15, 0.2) is 22.8 Å². The molecule has 162 valence electrons. The third-order valence-corrected chi connectivity index (χ3v) is 16.9. The highest BCUT2D eigenvalue weighted by molar-refractivity contribution is 8.06. The highest BCUT2D eigenvalue weighted by Crippen LogP contribution is 2.44. The van der Waals surface area contributed by atoms with Gasteiger partial charge in [-0.1, -0.05) is 58.3 Å². The molecule has 0 N–H and O–H groups in total. The Bertz CT molecular complexity index is 587. The molecule has 28 heavy (non-hydrogen) atoms. The lowest BCUT2D eigenvalue weighted by Gasteiger charge is -2.46. The van der Waals surface area contributed by atoms with Crippen molar-refractivity contribution in [1.29, 1.82) is 0 Å². The molecule has 0 saturated heterocycles. The van der Waals surface area contributed by atoms with Crippen molar-refractivity contribution in [2.24, 2.45) is 0 Å². The molecule has 0 aromatic carbocycles. The van der Waals surface area contributed by atoms with Gasteiger partial charge in [-0.25, -0.2) is 0 Å². The SMILES string of the molecule is C=C1[C@H](O[Si](C)(C)C(C)(C)C)CC(=CC[P+](=O)P)C[C@H]1O[Si](C)(C)C(C)(C)C. The van der Waals surface area contributed by atoms with E-state index in [4.69, 9.17) is 8.85 Å². The molecule has 4 atom stereocenters. The van der Waals surface area contributed by atoms with Crippen molar-refractivity contribution in [1.82, 2.24) is 0 Å². The summed E-state index contributed by atoms with van der Waals surface area (Å²) in [6, 6.07) is 0. The molecule has 0 bridgehead atoms. The van der Waals surface area contributed by atoms with Crippen molar-refractivity contribution in [3.63, 3.8) is 0 Å². The van der Waals surface area contributed by atoms with Gasteiger partial charge in [-0.15, -0.1) is 0 Å². The molecule has 0 aromatic rings. The van der Waals surface area contributed by atoms with Crippen LogP contribution in [0.4, 0.5) is 0 Å². The lowest BCUT2D eigenvalue weighted by atomic mass is 9.86. The van der Waals surface area contributed by atoms with Crippen LogP contribution in [0.2, 0.25) is 36.3 Å². The summed E-state index contributed by atoms with van der Waals surface area (Å²) < 4.78 is 25.2. The number of hydrogen-bond donors (Lipinski definition) is 0. The fraction of sp³-hybridized carbons (Fsp3) is 0.810. The summed E-state index contributed by atoms with van der Waals surface area (Å²) in [5.41, 5.74) is 2.38. The van der Waals surface area contributed by atoms with Crippen LogP contribution in [0.25, 0.3) is 0 Å². The van der Waals surface area contributed by atoms with Gasteiger partial charge in [0, 0.05) is 0 Å². The molecule has 0 aromatic heterocycles. The third-order valence-electron chi connectivity index (χ3n) is 6.77. The van der Waals surface area contributed by atoms with E-state index in [1.165, 1.54) is 5.57 Å². The average Bonchev–Trinajstić information content (AvgIpc) is 2.46. The lowest BCUT2D eigenvalue weighted by Crippen LogP contribution is -2.49. The summed E-state index contributed by atoms with van der Waals surface area (Å²) in [7, 11) is -2.69.